The van der Waals surface area contributed by atoms with Crippen molar-refractivity contribution in [3.63, 3.8) is 0 Å². The summed E-state index contributed by atoms with van der Waals surface area (Å²) in [7, 11) is 1.26. The summed E-state index contributed by atoms with van der Waals surface area (Å²) in [5.74, 6) is -1.47. The molecule has 0 aromatic heterocycles. The van der Waals surface area contributed by atoms with Gasteiger partial charge in [0.1, 0.15) is 12.2 Å². The van der Waals surface area contributed by atoms with E-state index >= 15 is 0 Å². The molecule has 0 radical (unpaired) electrons. The summed E-state index contributed by atoms with van der Waals surface area (Å²) in [5, 5.41) is 28.4. The standard InChI is InChI=1S/C9H18O6.Na/c1-3-6(4-10)15-8(9(12)13)7(5-11)14-2;/h6-8,10-11H,3-5H2,1-2H3,(H,12,13);/q;+1/p-1. The molecule has 0 saturated carbocycles. The molecule has 16 heavy (non-hydrogen) atoms. The first-order valence-corrected chi connectivity index (χ1v) is 4.71. The first kappa shape index (κ1) is 18.7. The van der Waals surface area contributed by atoms with E-state index in [9.17, 15) is 9.90 Å². The number of aliphatic hydroxyl groups is 2. The van der Waals surface area contributed by atoms with Gasteiger partial charge in [-0.2, -0.15) is 0 Å². The summed E-state index contributed by atoms with van der Waals surface area (Å²) in [4.78, 5) is 10.7. The minimum Gasteiger partial charge on any atom is -0.547 e. The van der Waals surface area contributed by atoms with Crippen molar-refractivity contribution in [2.24, 2.45) is 0 Å². The molecule has 0 amide bonds. The Labute approximate surface area is 117 Å². The van der Waals surface area contributed by atoms with Crippen LogP contribution < -0.4 is 34.7 Å². The fourth-order valence-electron chi connectivity index (χ4n) is 1.06. The van der Waals surface area contributed by atoms with Crippen LogP contribution in [0.5, 0.6) is 0 Å². The quantitative estimate of drug-likeness (QED) is 0.414. The molecule has 0 spiro atoms. The van der Waals surface area contributed by atoms with Crippen molar-refractivity contribution in [3.05, 3.63) is 0 Å². The van der Waals surface area contributed by atoms with Gasteiger partial charge in [-0.05, 0) is 6.42 Å². The fraction of sp³-hybridized carbons (Fsp3) is 0.889. The maximum atomic E-state index is 10.7. The Bertz CT molecular complexity index is 181. The minimum atomic E-state index is -1.47. The molecular weight excluding hydrogens is 227 g/mol. The number of hydrogen-bond donors (Lipinski definition) is 2. The van der Waals surface area contributed by atoms with E-state index in [1.807, 2.05) is 0 Å². The van der Waals surface area contributed by atoms with Crippen LogP contribution in [-0.2, 0) is 14.3 Å². The Balaban J connectivity index is 0. The van der Waals surface area contributed by atoms with Gasteiger partial charge in [-0.1, -0.05) is 6.92 Å². The van der Waals surface area contributed by atoms with Crippen LogP contribution >= 0.6 is 0 Å². The zero-order valence-electron chi connectivity index (χ0n) is 9.88. The molecule has 3 atom stereocenters. The Hall–Kier alpha value is 0.310. The van der Waals surface area contributed by atoms with Crippen LogP contribution in [0.25, 0.3) is 0 Å². The monoisotopic (exact) mass is 244 g/mol. The molecule has 0 aromatic rings. The van der Waals surface area contributed by atoms with Crippen molar-refractivity contribution in [1.29, 1.82) is 0 Å². The van der Waals surface area contributed by atoms with E-state index in [2.05, 4.69) is 0 Å². The van der Waals surface area contributed by atoms with Gasteiger partial charge in [-0.3, -0.25) is 0 Å². The first-order chi connectivity index (χ1) is 7.10. The number of hydrogen-bond acceptors (Lipinski definition) is 6. The maximum Gasteiger partial charge on any atom is 1.00 e. The number of carboxylic acids is 1. The van der Waals surface area contributed by atoms with Crippen molar-refractivity contribution >= 4 is 5.97 Å². The second kappa shape index (κ2) is 10.5. The third-order valence-corrected chi connectivity index (χ3v) is 2.05. The molecule has 0 rings (SSSR count). The van der Waals surface area contributed by atoms with Crippen molar-refractivity contribution in [2.75, 3.05) is 20.3 Å². The van der Waals surface area contributed by atoms with Gasteiger partial charge in [0, 0.05) is 7.11 Å². The van der Waals surface area contributed by atoms with Crippen LogP contribution in [0.2, 0.25) is 0 Å². The van der Waals surface area contributed by atoms with Crippen molar-refractivity contribution in [2.45, 2.75) is 31.7 Å². The minimum absolute atomic E-state index is 0. The Morgan fingerprint density at radius 2 is 1.94 bits per heavy atom. The summed E-state index contributed by atoms with van der Waals surface area (Å²) in [6.07, 6.45) is -2.51. The number of carbonyl (C=O) groups is 1. The summed E-state index contributed by atoms with van der Waals surface area (Å²) < 4.78 is 9.79. The smallest absolute Gasteiger partial charge is 0.547 e. The third kappa shape index (κ3) is 6.15. The van der Waals surface area contributed by atoms with Crippen LogP contribution in [0.3, 0.4) is 0 Å². The molecule has 0 heterocycles. The van der Waals surface area contributed by atoms with Crippen molar-refractivity contribution in [1.82, 2.24) is 0 Å². The van der Waals surface area contributed by atoms with Crippen LogP contribution in [0.1, 0.15) is 13.3 Å². The molecule has 0 saturated heterocycles. The van der Waals surface area contributed by atoms with Crippen molar-refractivity contribution in [3.8, 4) is 0 Å². The van der Waals surface area contributed by atoms with Crippen molar-refractivity contribution < 1.29 is 59.1 Å². The maximum absolute atomic E-state index is 10.7. The molecule has 7 heteroatoms. The zero-order chi connectivity index (χ0) is 11.8. The van der Waals surface area contributed by atoms with Gasteiger partial charge in [0.05, 0.1) is 25.3 Å². The Morgan fingerprint density at radius 1 is 1.38 bits per heavy atom. The van der Waals surface area contributed by atoms with Gasteiger partial charge in [-0.25, -0.2) is 0 Å². The number of carboxylic acid groups (broad SMARTS) is 1. The Kier molecular flexibility index (Phi) is 12.2. The average Bonchev–Trinajstić information content (AvgIpc) is 2.24. The fourth-order valence-corrected chi connectivity index (χ4v) is 1.06. The number of aliphatic hydroxyl groups excluding tert-OH is 2. The van der Waals surface area contributed by atoms with E-state index in [4.69, 9.17) is 19.7 Å². The molecule has 0 fully saturated rings. The third-order valence-electron chi connectivity index (χ3n) is 2.05. The number of ether oxygens (including phenoxy) is 2. The van der Waals surface area contributed by atoms with E-state index in [1.165, 1.54) is 7.11 Å². The first-order valence-electron chi connectivity index (χ1n) is 4.71. The predicted octanol–water partition coefficient (Wildman–Crippen LogP) is -5.10. The number of carbonyl (C=O) groups excluding carboxylic acids is 1. The van der Waals surface area contributed by atoms with Gasteiger partial charge >= 0.3 is 29.6 Å². The van der Waals surface area contributed by atoms with Crippen LogP contribution in [0, 0.1) is 0 Å². The largest absolute Gasteiger partial charge is 1.00 e. The molecule has 0 aliphatic rings. The van der Waals surface area contributed by atoms with E-state index in [0.29, 0.717) is 6.42 Å². The van der Waals surface area contributed by atoms with Crippen LogP contribution in [0.15, 0.2) is 0 Å². The topological polar surface area (TPSA) is 99.1 Å². The zero-order valence-corrected chi connectivity index (χ0v) is 11.9. The van der Waals surface area contributed by atoms with Gasteiger partial charge in [-0.15, -0.1) is 0 Å². The van der Waals surface area contributed by atoms with E-state index < -0.39 is 30.9 Å². The molecule has 0 aliphatic heterocycles. The second-order valence-corrected chi connectivity index (χ2v) is 3.05. The molecule has 0 aliphatic carbocycles. The molecule has 2 N–H and O–H groups in total. The molecule has 3 unspecified atom stereocenters. The average molecular weight is 244 g/mol. The summed E-state index contributed by atoms with van der Waals surface area (Å²) in [5.41, 5.74) is 0. The SMILES string of the molecule is CCC(CO)OC(C(=O)[O-])C(CO)OC.[Na+]. The number of aliphatic carboxylic acids is 1. The molecular formula is C9H17NaO6. The van der Waals surface area contributed by atoms with Crippen LogP contribution in [-0.4, -0.2) is 54.8 Å². The molecule has 90 valence electrons. The van der Waals surface area contributed by atoms with Gasteiger partial charge in [0.25, 0.3) is 0 Å². The van der Waals surface area contributed by atoms with E-state index in [1.54, 1.807) is 6.92 Å². The van der Waals surface area contributed by atoms with E-state index in [0.717, 1.165) is 0 Å². The Morgan fingerprint density at radius 3 is 2.19 bits per heavy atom. The second-order valence-electron chi connectivity index (χ2n) is 3.05. The number of rotatable bonds is 8. The van der Waals surface area contributed by atoms with Gasteiger partial charge in [0.2, 0.25) is 0 Å². The molecule has 0 bridgehead atoms. The van der Waals surface area contributed by atoms with Gasteiger partial charge in [0.15, 0.2) is 0 Å². The van der Waals surface area contributed by atoms with Gasteiger partial charge < -0.3 is 29.6 Å². The number of methoxy groups -OCH3 is 1. The summed E-state index contributed by atoms with van der Waals surface area (Å²) >= 11 is 0. The summed E-state index contributed by atoms with van der Waals surface area (Å²) in [6.45, 7) is 0.965. The summed E-state index contributed by atoms with van der Waals surface area (Å²) in [6, 6.07) is 0. The molecule has 0 aromatic carbocycles. The predicted molar refractivity (Wildman–Crippen MR) is 48.9 cm³/mol. The van der Waals surface area contributed by atoms with Crippen LogP contribution in [0.4, 0.5) is 0 Å². The van der Waals surface area contributed by atoms with E-state index in [-0.39, 0.29) is 36.2 Å². The normalized spacial score (nSPS) is 16.0. The molecule has 6 nitrogen and oxygen atoms in total.